The Morgan fingerprint density at radius 1 is 0.667 bits per heavy atom. The molecule has 3 nitrogen and oxygen atoms in total. The van der Waals surface area contributed by atoms with Crippen LogP contribution in [0.25, 0.3) is 0 Å². The van der Waals surface area contributed by atoms with E-state index in [1.54, 1.807) is 4.90 Å². The zero-order valence-corrected chi connectivity index (χ0v) is 22.5. The van der Waals surface area contributed by atoms with Crippen LogP contribution < -0.4 is 0 Å². The third-order valence-corrected chi connectivity index (χ3v) is 7.28. The number of nitrogens with zero attached hydrogens (tertiary/aromatic N) is 1. The molecule has 3 heteroatoms. The highest BCUT2D eigenvalue weighted by atomic mass is 16.2. The second kappa shape index (κ2) is 20.3. The minimum atomic E-state index is -0.00370. The summed E-state index contributed by atoms with van der Waals surface area (Å²) in [6.45, 7) is 6.65. The van der Waals surface area contributed by atoms with Gasteiger partial charge in [-0.25, -0.2) is 0 Å². The molecule has 1 saturated heterocycles. The molecule has 1 rings (SSSR count). The van der Waals surface area contributed by atoms with E-state index < -0.39 is 0 Å². The first-order valence-corrected chi connectivity index (χ1v) is 14.6. The lowest BCUT2D eigenvalue weighted by Crippen LogP contribution is -2.40. The zero-order valence-electron chi connectivity index (χ0n) is 22.5. The van der Waals surface area contributed by atoms with Gasteiger partial charge in [-0.1, -0.05) is 135 Å². The Balaban J connectivity index is 2.22. The molecule has 0 bridgehead atoms. The number of unbranched alkanes of at least 4 members (excludes halogenated alkanes) is 17. The smallest absolute Gasteiger partial charge is 0.230 e. The van der Waals surface area contributed by atoms with Gasteiger partial charge < -0.3 is 0 Å². The van der Waals surface area contributed by atoms with Gasteiger partial charge in [0.15, 0.2) is 0 Å². The van der Waals surface area contributed by atoms with E-state index in [1.807, 2.05) is 0 Å². The lowest BCUT2D eigenvalue weighted by molar-refractivity contribution is -0.140. The van der Waals surface area contributed by atoms with Gasteiger partial charge in [0.1, 0.15) is 0 Å². The molecule has 0 aromatic rings. The van der Waals surface area contributed by atoms with Crippen molar-refractivity contribution < 1.29 is 9.59 Å². The van der Waals surface area contributed by atoms with Crippen molar-refractivity contribution in [2.24, 2.45) is 0 Å². The number of likely N-dealkylation sites (tertiary alicyclic amines) is 1. The van der Waals surface area contributed by atoms with Gasteiger partial charge in [-0.2, -0.15) is 0 Å². The molecule has 0 N–H and O–H groups in total. The first kappa shape index (κ1) is 29.9. The molecule has 1 fully saturated rings. The van der Waals surface area contributed by atoms with E-state index in [9.17, 15) is 9.59 Å². The monoisotopic (exact) mass is 461 g/mol. The van der Waals surface area contributed by atoms with Crippen LogP contribution in [0.2, 0.25) is 0 Å². The molecule has 0 aliphatic carbocycles. The van der Waals surface area contributed by atoms with Gasteiger partial charge in [-0.15, -0.1) is 0 Å². The second-order valence-corrected chi connectivity index (χ2v) is 10.4. The molecule has 192 valence electrons. The van der Waals surface area contributed by atoms with E-state index in [4.69, 9.17) is 0 Å². The Kier molecular flexibility index (Phi) is 18.4. The van der Waals surface area contributed by atoms with E-state index in [0.29, 0.717) is 12.8 Å². The fraction of sp³-hybridized carbons (Fsp3) is 0.867. The third kappa shape index (κ3) is 14.0. The van der Waals surface area contributed by atoms with Crippen LogP contribution in [-0.2, 0) is 9.59 Å². The average Bonchev–Trinajstić information content (AvgIpc) is 3.14. The fourth-order valence-electron chi connectivity index (χ4n) is 5.07. The summed E-state index contributed by atoms with van der Waals surface area (Å²) in [6, 6.07) is -0.00370. The average molecular weight is 462 g/mol. The maximum Gasteiger partial charge on any atom is 0.230 e. The quantitative estimate of drug-likeness (QED) is 0.0914. The maximum absolute atomic E-state index is 12.4. The van der Waals surface area contributed by atoms with Gasteiger partial charge in [-0.3, -0.25) is 14.5 Å². The molecule has 0 aromatic carbocycles. The van der Waals surface area contributed by atoms with E-state index in [0.717, 1.165) is 19.3 Å². The van der Waals surface area contributed by atoms with Crippen molar-refractivity contribution in [3.8, 4) is 0 Å². The van der Waals surface area contributed by atoms with Crippen molar-refractivity contribution in [2.75, 3.05) is 0 Å². The summed E-state index contributed by atoms with van der Waals surface area (Å²) in [6.07, 6.45) is 29.1. The number of hydrogen-bond acceptors (Lipinski definition) is 2. The van der Waals surface area contributed by atoms with Gasteiger partial charge in [0.05, 0.1) is 6.04 Å². The van der Waals surface area contributed by atoms with Gasteiger partial charge in [0, 0.05) is 12.8 Å². The van der Waals surface area contributed by atoms with Crippen LogP contribution in [0.1, 0.15) is 162 Å². The van der Waals surface area contributed by atoms with Crippen molar-refractivity contribution in [2.45, 2.75) is 168 Å². The minimum Gasteiger partial charge on any atom is -0.275 e. The van der Waals surface area contributed by atoms with E-state index in [1.165, 1.54) is 115 Å². The van der Waals surface area contributed by atoms with Crippen LogP contribution in [0.4, 0.5) is 0 Å². The molecule has 0 spiro atoms. The van der Waals surface area contributed by atoms with Gasteiger partial charge in [0.25, 0.3) is 0 Å². The summed E-state index contributed by atoms with van der Waals surface area (Å²) in [5.74, 6) is 0.0724. The van der Waals surface area contributed by atoms with E-state index in [-0.39, 0.29) is 17.9 Å². The first-order valence-electron chi connectivity index (χ1n) is 14.6. The van der Waals surface area contributed by atoms with E-state index in [2.05, 4.69) is 26.8 Å². The van der Waals surface area contributed by atoms with Crippen LogP contribution >= 0.6 is 0 Å². The van der Waals surface area contributed by atoms with Crippen molar-refractivity contribution >= 4 is 11.8 Å². The van der Waals surface area contributed by atoms with Crippen LogP contribution in [-0.4, -0.2) is 22.8 Å². The van der Waals surface area contributed by atoms with Gasteiger partial charge in [-0.05, 0) is 26.2 Å². The molecular weight excluding hydrogens is 406 g/mol. The largest absolute Gasteiger partial charge is 0.275 e. The highest BCUT2D eigenvalue weighted by molar-refractivity contribution is 6.02. The molecule has 1 heterocycles. The van der Waals surface area contributed by atoms with Crippen molar-refractivity contribution in [3.05, 3.63) is 11.6 Å². The molecule has 0 saturated carbocycles. The molecule has 1 aliphatic rings. The number of amides is 2. The van der Waals surface area contributed by atoms with Crippen LogP contribution in [0.3, 0.4) is 0 Å². The van der Waals surface area contributed by atoms with Crippen LogP contribution in [0, 0.1) is 0 Å². The highest BCUT2D eigenvalue weighted by Crippen LogP contribution is 2.25. The Bertz CT molecular complexity index is 523. The second-order valence-electron chi connectivity index (χ2n) is 10.4. The number of imide groups is 1. The lowest BCUT2D eigenvalue weighted by atomic mass is 9.97. The molecule has 33 heavy (non-hydrogen) atoms. The minimum absolute atomic E-state index is 0.00370. The molecule has 2 amide bonds. The van der Waals surface area contributed by atoms with Crippen LogP contribution in [0.5, 0.6) is 0 Å². The number of carbonyl (C=O) groups is 2. The SMILES string of the molecule is CCCCCCC=C(C)C(CCCCCCCCCCCCCCCC)N1C(=O)CCC1=O. The summed E-state index contributed by atoms with van der Waals surface area (Å²) in [5.41, 5.74) is 1.23. The molecular formula is C30H55NO2. The highest BCUT2D eigenvalue weighted by Gasteiger charge is 2.35. The van der Waals surface area contributed by atoms with E-state index >= 15 is 0 Å². The Hall–Kier alpha value is -1.12. The predicted molar refractivity (Wildman–Crippen MR) is 142 cm³/mol. The maximum atomic E-state index is 12.4. The normalized spacial score (nSPS) is 15.6. The third-order valence-electron chi connectivity index (χ3n) is 7.28. The summed E-state index contributed by atoms with van der Waals surface area (Å²) < 4.78 is 0. The molecule has 1 unspecified atom stereocenters. The van der Waals surface area contributed by atoms with Gasteiger partial charge >= 0.3 is 0 Å². The van der Waals surface area contributed by atoms with Crippen molar-refractivity contribution in [1.29, 1.82) is 0 Å². The molecule has 1 atom stereocenters. The topological polar surface area (TPSA) is 37.4 Å². The molecule has 0 aromatic heterocycles. The first-order chi connectivity index (χ1) is 16.1. The Morgan fingerprint density at radius 3 is 1.52 bits per heavy atom. The van der Waals surface area contributed by atoms with Gasteiger partial charge in [0.2, 0.25) is 11.8 Å². The lowest BCUT2D eigenvalue weighted by Gasteiger charge is -2.27. The number of carbonyl (C=O) groups excluding carboxylic acids is 2. The summed E-state index contributed by atoms with van der Waals surface area (Å²) >= 11 is 0. The summed E-state index contributed by atoms with van der Waals surface area (Å²) in [5, 5.41) is 0. The Morgan fingerprint density at radius 2 is 1.06 bits per heavy atom. The fourth-order valence-corrected chi connectivity index (χ4v) is 5.07. The molecule has 1 aliphatic heterocycles. The standard InChI is InChI=1S/C30H55NO2/c1-4-6-8-10-11-12-13-14-15-16-17-18-20-22-24-28(31-29(32)25-26-30(31)33)27(3)23-21-19-9-7-5-2/h23,28H,4-22,24-26H2,1-3H3. The number of allylic oxidation sites excluding steroid dienone is 1. The predicted octanol–water partition coefficient (Wildman–Crippen LogP) is 9.29. The number of rotatable bonds is 22. The van der Waals surface area contributed by atoms with Crippen LogP contribution in [0.15, 0.2) is 11.6 Å². The number of hydrogen-bond donors (Lipinski definition) is 0. The summed E-state index contributed by atoms with van der Waals surface area (Å²) in [7, 11) is 0. The Labute approximate surface area is 206 Å². The summed E-state index contributed by atoms with van der Waals surface area (Å²) in [4.78, 5) is 26.3. The van der Waals surface area contributed by atoms with Crippen molar-refractivity contribution in [1.82, 2.24) is 4.90 Å². The molecule has 0 radical (unpaired) electrons. The van der Waals surface area contributed by atoms with Crippen molar-refractivity contribution in [3.63, 3.8) is 0 Å². The zero-order chi connectivity index (χ0) is 24.2.